The Morgan fingerprint density at radius 3 is 2.59 bits per heavy atom. The number of alkyl carbamates (subject to hydrolysis) is 1. The number of anilines is 2. The monoisotopic (exact) mass is 505 g/mol. The molecule has 1 heterocycles. The van der Waals surface area contributed by atoms with E-state index < -0.39 is 18.0 Å². The van der Waals surface area contributed by atoms with Crippen molar-refractivity contribution in [2.75, 3.05) is 24.4 Å². The molecule has 0 fully saturated rings. The highest BCUT2D eigenvalue weighted by Gasteiger charge is 2.26. The third-order valence-corrected chi connectivity index (χ3v) is 5.32. The molecule has 1 aliphatic rings. The van der Waals surface area contributed by atoms with E-state index in [0.29, 0.717) is 30.0 Å². The fourth-order valence-electron chi connectivity index (χ4n) is 3.18. The van der Waals surface area contributed by atoms with Crippen LogP contribution in [0.3, 0.4) is 0 Å². The van der Waals surface area contributed by atoms with Crippen LogP contribution in [-0.2, 0) is 20.7 Å². The molecule has 0 saturated heterocycles. The normalized spacial score (nSPS) is 13.2. The zero-order valence-electron chi connectivity index (χ0n) is 18.3. The molecule has 3 N–H and O–H groups in total. The number of hydrogen-bond acceptors (Lipinski definition) is 8. The smallest absolute Gasteiger partial charge is 0.413 e. The lowest BCUT2D eigenvalue weighted by Crippen LogP contribution is -2.48. The largest absolute Gasteiger partial charge is 0.454 e. The summed E-state index contributed by atoms with van der Waals surface area (Å²) < 4.78 is 10.5. The van der Waals surface area contributed by atoms with Gasteiger partial charge in [-0.15, -0.1) is 0 Å². The number of hydrazine groups is 1. The molecule has 1 aliphatic heterocycles. The molecule has 3 amide bonds. The molecule has 2 aromatic carbocycles. The van der Waals surface area contributed by atoms with E-state index in [1.54, 1.807) is 25.1 Å². The minimum Gasteiger partial charge on any atom is -0.454 e. The standard InChI is InChI=1S/C22H21Cl2N5O5/c1-3-33-22(32)27-21(31)18(11-25)29(2)28-13-8-15(23)20(16(24)9-13)34-14-6-4-12-5-7-19(30)26-17(12)10-14/h4,6,8-10,18,28H,3,5,7H2,1-2H3,(H,26,30)(H,27,31,32). The van der Waals surface area contributed by atoms with E-state index in [2.05, 4.69) is 15.5 Å². The summed E-state index contributed by atoms with van der Waals surface area (Å²) in [5, 5.41) is 15.7. The third kappa shape index (κ3) is 6.08. The third-order valence-electron chi connectivity index (χ3n) is 4.76. The van der Waals surface area contributed by atoms with Crippen molar-refractivity contribution in [1.82, 2.24) is 10.3 Å². The average Bonchev–Trinajstić information content (AvgIpc) is 2.76. The van der Waals surface area contributed by atoms with Crippen molar-refractivity contribution in [3.05, 3.63) is 45.9 Å². The van der Waals surface area contributed by atoms with Gasteiger partial charge in [0.1, 0.15) is 5.75 Å². The first-order chi connectivity index (χ1) is 16.2. The molecule has 12 heteroatoms. The van der Waals surface area contributed by atoms with Crippen LogP contribution in [-0.4, -0.2) is 42.6 Å². The second kappa shape index (κ2) is 11.1. The van der Waals surface area contributed by atoms with Crippen LogP contribution in [0.2, 0.25) is 10.0 Å². The molecule has 2 aromatic rings. The Balaban J connectivity index is 1.72. The Kier molecular flexibility index (Phi) is 8.17. The number of benzene rings is 2. The van der Waals surface area contributed by atoms with Crippen LogP contribution in [0.1, 0.15) is 18.9 Å². The number of nitrogens with zero attached hydrogens (tertiary/aromatic N) is 2. The van der Waals surface area contributed by atoms with Gasteiger partial charge in [0.2, 0.25) is 5.91 Å². The number of nitrogens with one attached hydrogen (secondary N) is 3. The highest BCUT2D eigenvalue weighted by atomic mass is 35.5. The van der Waals surface area contributed by atoms with Crippen LogP contribution < -0.4 is 20.8 Å². The van der Waals surface area contributed by atoms with Crippen LogP contribution in [0.25, 0.3) is 0 Å². The van der Waals surface area contributed by atoms with Crippen molar-refractivity contribution >= 4 is 52.5 Å². The fourth-order valence-corrected chi connectivity index (χ4v) is 3.74. The molecule has 0 spiro atoms. The SMILES string of the molecule is CCOC(=O)NC(=O)C(C#N)N(C)Nc1cc(Cl)c(Oc2ccc3c(c2)NC(=O)CC3)c(Cl)c1. The predicted molar refractivity (Wildman–Crippen MR) is 126 cm³/mol. The fraction of sp³-hybridized carbons (Fsp3) is 0.273. The van der Waals surface area contributed by atoms with E-state index in [0.717, 1.165) is 5.56 Å². The number of rotatable bonds is 7. The van der Waals surface area contributed by atoms with Gasteiger partial charge in [-0.05, 0) is 37.1 Å². The Hall–Kier alpha value is -3.52. The number of ether oxygens (including phenoxy) is 2. The molecule has 34 heavy (non-hydrogen) atoms. The van der Waals surface area contributed by atoms with E-state index >= 15 is 0 Å². The number of hydrogen-bond donors (Lipinski definition) is 3. The molecular formula is C22H21Cl2N5O5. The number of aryl methyl sites for hydroxylation is 1. The number of carbonyl (C=O) groups is 3. The highest BCUT2D eigenvalue weighted by Crippen LogP contribution is 2.40. The lowest BCUT2D eigenvalue weighted by Gasteiger charge is -2.24. The zero-order valence-corrected chi connectivity index (χ0v) is 19.8. The number of amides is 3. The van der Waals surface area contributed by atoms with Gasteiger partial charge < -0.3 is 20.2 Å². The molecule has 1 unspecified atom stereocenters. The lowest BCUT2D eigenvalue weighted by molar-refractivity contribution is -0.123. The van der Waals surface area contributed by atoms with E-state index in [1.807, 2.05) is 11.4 Å². The summed E-state index contributed by atoms with van der Waals surface area (Å²) in [4.78, 5) is 35.3. The van der Waals surface area contributed by atoms with Gasteiger partial charge >= 0.3 is 6.09 Å². The number of likely N-dealkylation sites (N-methyl/N-ethyl adjacent to an activating group) is 1. The predicted octanol–water partition coefficient (Wildman–Crippen LogP) is 4.09. The van der Waals surface area contributed by atoms with Crippen LogP contribution in [0.4, 0.5) is 16.2 Å². The van der Waals surface area contributed by atoms with E-state index in [9.17, 15) is 19.6 Å². The van der Waals surface area contributed by atoms with Crippen molar-refractivity contribution in [2.45, 2.75) is 25.8 Å². The van der Waals surface area contributed by atoms with Gasteiger partial charge in [0.25, 0.3) is 5.91 Å². The molecule has 0 aromatic heterocycles. The summed E-state index contributed by atoms with van der Waals surface area (Å²) in [6.45, 7) is 1.67. The molecule has 10 nitrogen and oxygen atoms in total. The summed E-state index contributed by atoms with van der Waals surface area (Å²) in [7, 11) is 1.44. The zero-order chi connectivity index (χ0) is 24.8. The van der Waals surface area contributed by atoms with E-state index in [1.165, 1.54) is 24.2 Å². The van der Waals surface area contributed by atoms with Gasteiger partial charge in [-0.1, -0.05) is 29.3 Å². The Morgan fingerprint density at radius 1 is 1.24 bits per heavy atom. The Bertz CT molecular complexity index is 1140. The average molecular weight is 506 g/mol. The Morgan fingerprint density at radius 2 is 1.94 bits per heavy atom. The first-order valence-corrected chi connectivity index (χ1v) is 10.9. The molecule has 0 saturated carbocycles. The summed E-state index contributed by atoms with van der Waals surface area (Å²) in [5.41, 5.74) is 4.87. The maximum atomic E-state index is 12.2. The molecule has 1 atom stereocenters. The quantitative estimate of drug-likeness (QED) is 0.479. The van der Waals surface area contributed by atoms with E-state index in [4.69, 9.17) is 27.9 Å². The van der Waals surface area contributed by atoms with Gasteiger partial charge in [0.15, 0.2) is 11.8 Å². The molecule has 0 aliphatic carbocycles. The number of fused-ring (bicyclic) bond motifs is 1. The number of halogens is 2. The number of nitriles is 1. The van der Waals surface area contributed by atoms with Gasteiger partial charge in [-0.3, -0.25) is 14.9 Å². The Labute approximate surface area is 205 Å². The summed E-state index contributed by atoms with van der Waals surface area (Å²) in [6.07, 6.45) is 0.138. The van der Waals surface area contributed by atoms with Crippen molar-refractivity contribution in [2.24, 2.45) is 0 Å². The van der Waals surface area contributed by atoms with Crippen LogP contribution in [0.5, 0.6) is 11.5 Å². The minimum absolute atomic E-state index is 0.0631. The first-order valence-electron chi connectivity index (χ1n) is 10.2. The number of imide groups is 1. The first kappa shape index (κ1) is 25.1. The molecule has 0 radical (unpaired) electrons. The minimum atomic E-state index is -1.36. The molecule has 178 valence electrons. The summed E-state index contributed by atoms with van der Waals surface area (Å²) in [5.74, 6) is -0.308. The van der Waals surface area contributed by atoms with Gasteiger partial charge in [-0.2, -0.15) is 5.26 Å². The maximum absolute atomic E-state index is 12.2. The van der Waals surface area contributed by atoms with Crippen molar-refractivity contribution in [3.63, 3.8) is 0 Å². The topological polar surface area (TPSA) is 133 Å². The van der Waals surface area contributed by atoms with Crippen molar-refractivity contribution in [1.29, 1.82) is 5.26 Å². The lowest BCUT2D eigenvalue weighted by atomic mass is 10.0. The summed E-state index contributed by atoms with van der Waals surface area (Å²) >= 11 is 12.7. The molecule has 0 bridgehead atoms. The van der Waals surface area contributed by atoms with Gasteiger partial charge in [-0.25, -0.2) is 9.80 Å². The number of carbonyl (C=O) groups excluding carboxylic acids is 3. The van der Waals surface area contributed by atoms with Gasteiger partial charge in [0.05, 0.1) is 28.4 Å². The van der Waals surface area contributed by atoms with E-state index in [-0.39, 0.29) is 28.3 Å². The summed E-state index contributed by atoms with van der Waals surface area (Å²) in [6, 6.07) is 8.74. The van der Waals surface area contributed by atoms with Crippen molar-refractivity contribution in [3.8, 4) is 17.6 Å². The second-order valence-corrected chi connectivity index (χ2v) is 8.02. The molecular weight excluding hydrogens is 485 g/mol. The van der Waals surface area contributed by atoms with Crippen LogP contribution in [0.15, 0.2) is 30.3 Å². The molecule has 3 rings (SSSR count). The van der Waals surface area contributed by atoms with Crippen molar-refractivity contribution < 1.29 is 23.9 Å². The van der Waals surface area contributed by atoms with Crippen LogP contribution in [0, 0.1) is 11.3 Å². The maximum Gasteiger partial charge on any atom is 0.413 e. The van der Waals surface area contributed by atoms with Gasteiger partial charge in [0, 0.05) is 25.2 Å². The van der Waals surface area contributed by atoms with Crippen LogP contribution >= 0.6 is 23.2 Å². The highest BCUT2D eigenvalue weighted by molar-refractivity contribution is 6.37. The second-order valence-electron chi connectivity index (χ2n) is 7.20.